The first kappa shape index (κ1) is 17.4. The SMILES string of the molecule is CCN(Cc1ccccc1C)c1cnc(C(=O)N2CCC(N)C2)cn1. The predicted molar refractivity (Wildman–Crippen MR) is 98.4 cm³/mol. The van der Waals surface area contributed by atoms with Crippen LogP contribution in [0.4, 0.5) is 5.82 Å². The van der Waals surface area contributed by atoms with Crippen molar-refractivity contribution in [1.82, 2.24) is 14.9 Å². The molecule has 0 spiro atoms. The fourth-order valence-corrected chi connectivity index (χ4v) is 3.08. The molecule has 1 aliphatic heterocycles. The zero-order valence-corrected chi connectivity index (χ0v) is 14.9. The van der Waals surface area contributed by atoms with Crippen molar-refractivity contribution in [1.29, 1.82) is 0 Å². The Labute approximate surface area is 148 Å². The van der Waals surface area contributed by atoms with Crippen molar-refractivity contribution in [2.45, 2.75) is 32.9 Å². The van der Waals surface area contributed by atoms with E-state index in [1.807, 2.05) is 12.1 Å². The fraction of sp³-hybridized carbons (Fsp3) is 0.421. The van der Waals surface area contributed by atoms with Crippen LogP contribution in [0.15, 0.2) is 36.7 Å². The minimum atomic E-state index is -0.0889. The van der Waals surface area contributed by atoms with E-state index in [4.69, 9.17) is 5.73 Å². The average molecular weight is 339 g/mol. The Morgan fingerprint density at radius 1 is 1.32 bits per heavy atom. The minimum absolute atomic E-state index is 0.0703. The van der Waals surface area contributed by atoms with E-state index in [2.05, 4.69) is 40.8 Å². The van der Waals surface area contributed by atoms with E-state index in [9.17, 15) is 4.79 Å². The standard InChI is InChI=1S/C19H25N5O/c1-3-23(12-15-7-5-4-6-14(15)2)18-11-21-17(10-22-18)19(25)24-9-8-16(20)13-24/h4-7,10-11,16H,3,8-9,12-13,20H2,1-2H3. The number of hydrogen-bond donors (Lipinski definition) is 1. The molecule has 25 heavy (non-hydrogen) atoms. The minimum Gasteiger partial charge on any atom is -0.351 e. The maximum Gasteiger partial charge on any atom is 0.274 e. The largest absolute Gasteiger partial charge is 0.351 e. The van der Waals surface area contributed by atoms with E-state index >= 15 is 0 Å². The first-order valence-corrected chi connectivity index (χ1v) is 8.75. The number of aromatic nitrogens is 2. The molecule has 6 heteroatoms. The Bertz CT molecular complexity index is 731. The number of carbonyl (C=O) groups excluding carboxylic acids is 1. The Kier molecular flexibility index (Phi) is 5.28. The van der Waals surface area contributed by atoms with Crippen LogP contribution < -0.4 is 10.6 Å². The summed E-state index contributed by atoms with van der Waals surface area (Å²) in [6, 6.07) is 8.39. The molecule has 1 fully saturated rings. The topological polar surface area (TPSA) is 75.4 Å². The second kappa shape index (κ2) is 7.61. The van der Waals surface area contributed by atoms with Gasteiger partial charge >= 0.3 is 0 Å². The highest BCUT2D eigenvalue weighted by molar-refractivity contribution is 5.92. The molecule has 1 aliphatic rings. The molecule has 2 N–H and O–H groups in total. The smallest absolute Gasteiger partial charge is 0.274 e. The van der Waals surface area contributed by atoms with Crippen LogP contribution in [0.5, 0.6) is 0 Å². The summed E-state index contributed by atoms with van der Waals surface area (Å²) in [5.41, 5.74) is 8.77. The fourth-order valence-electron chi connectivity index (χ4n) is 3.08. The third kappa shape index (κ3) is 3.96. The van der Waals surface area contributed by atoms with E-state index in [0.29, 0.717) is 18.8 Å². The summed E-state index contributed by atoms with van der Waals surface area (Å²) in [7, 11) is 0. The highest BCUT2D eigenvalue weighted by Crippen LogP contribution is 2.17. The summed E-state index contributed by atoms with van der Waals surface area (Å²) < 4.78 is 0. The Morgan fingerprint density at radius 2 is 2.12 bits per heavy atom. The van der Waals surface area contributed by atoms with Gasteiger partial charge in [-0.2, -0.15) is 0 Å². The third-order valence-electron chi connectivity index (χ3n) is 4.70. The lowest BCUT2D eigenvalue weighted by atomic mass is 10.1. The summed E-state index contributed by atoms with van der Waals surface area (Å²) in [6.45, 7) is 7.07. The summed E-state index contributed by atoms with van der Waals surface area (Å²) in [4.78, 5) is 25.1. The van der Waals surface area contributed by atoms with Crippen LogP contribution in [0.25, 0.3) is 0 Å². The average Bonchev–Trinajstić information content (AvgIpc) is 3.07. The summed E-state index contributed by atoms with van der Waals surface area (Å²) in [6.07, 6.45) is 4.10. The molecule has 0 saturated carbocycles. The number of aryl methyl sites for hydroxylation is 1. The quantitative estimate of drug-likeness (QED) is 0.901. The number of anilines is 1. The molecule has 1 saturated heterocycles. The second-order valence-electron chi connectivity index (χ2n) is 6.50. The molecule has 3 rings (SSSR count). The molecular formula is C19H25N5O. The van der Waals surface area contributed by atoms with Gasteiger partial charge < -0.3 is 15.5 Å². The van der Waals surface area contributed by atoms with E-state index in [1.54, 1.807) is 17.3 Å². The Morgan fingerprint density at radius 3 is 2.72 bits per heavy atom. The highest BCUT2D eigenvalue weighted by Gasteiger charge is 2.25. The third-order valence-corrected chi connectivity index (χ3v) is 4.70. The van der Waals surface area contributed by atoms with Crippen molar-refractivity contribution in [2.75, 3.05) is 24.5 Å². The maximum absolute atomic E-state index is 12.4. The van der Waals surface area contributed by atoms with E-state index in [0.717, 1.165) is 25.3 Å². The van der Waals surface area contributed by atoms with Gasteiger partial charge in [0.1, 0.15) is 11.5 Å². The molecule has 6 nitrogen and oxygen atoms in total. The lowest BCUT2D eigenvalue weighted by molar-refractivity contribution is 0.0784. The predicted octanol–water partition coefficient (Wildman–Crippen LogP) is 1.98. The van der Waals surface area contributed by atoms with Crippen LogP contribution in [-0.2, 0) is 6.54 Å². The molecule has 0 bridgehead atoms. The van der Waals surface area contributed by atoms with Gasteiger partial charge in [-0.05, 0) is 31.4 Å². The summed E-state index contributed by atoms with van der Waals surface area (Å²) in [5, 5.41) is 0. The first-order chi connectivity index (χ1) is 12.1. The van der Waals surface area contributed by atoms with Gasteiger partial charge in [-0.25, -0.2) is 9.97 Å². The van der Waals surface area contributed by atoms with Crippen molar-refractivity contribution < 1.29 is 4.79 Å². The van der Waals surface area contributed by atoms with Gasteiger partial charge in [-0.1, -0.05) is 24.3 Å². The van der Waals surface area contributed by atoms with Gasteiger partial charge in [-0.3, -0.25) is 4.79 Å². The number of amides is 1. The number of benzene rings is 1. The van der Waals surface area contributed by atoms with Crippen LogP contribution >= 0.6 is 0 Å². The zero-order valence-electron chi connectivity index (χ0n) is 14.9. The lowest BCUT2D eigenvalue weighted by Gasteiger charge is -2.23. The van der Waals surface area contributed by atoms with Crippen LogP contribution in [0, 0.1) is 6.92 Å². The van der Waals surface area contributed by atoms with E-state index < -0.39 is 0 Å². The van der Waals surface area contributed by atoms with Gasteiger partial charge in [-0.15, -0.1) is 0 Å². The van der Waals surface area contributed by atoms with E-state index in [1.165, 1.54) is 11.1 Å². The molecular weight excluding hydrogens is 314 g/mol. The van der Waals surface area contributed by atoms with Crippen LogP contribution in [0.1, 0.15) is 35.0 Å². The second-order valence-corrected chi connectivity index (χ2v) is 6.50. The monoisotopic (exact) mass is 339 g/mol. The number of nitrogens with two attached hydrogens (primary N) is 1. The maximum atomic E-state index is 12.4. The number of hydrogen-bond acceptors (Lipinski definition) is 5. The van der Waals surface area contributed by atoms with Gasteiger partial charge in [0, 0.05) is 32.2 Å². The van der Waals surface area contributed by atoms with E-state index in [-0.39, 0.29) is 11.9 Å². The van der Waals surface area contributed by atoms with Crippen LogP contribution in [0.2, 0.25) is 0 Å². The Hall–Kier alpha value is -2.47. The first-order valence-electron chi connectivity index (χ1n) is 8.75. The van der Waals surface area contributed by atoms with Gasteiger partial charge in [0.15, 0.2) is 0 Å². The number of likely N-dealkylation sites (tertiary alicyclic amines) is 1. The highest BCUT2D eigenvalue weighted by atomic mass is 16.2. The van der Waals surface area contributed by atoms with Crippen molar-refractivity contribution in [3.8, 4) is 0 Å². The van der Waals surface area contributed by atoms with Crippen molar-refractivity contribution >= 4 is 11.7 Å². The molecule has 2 heterocycles. The molecule has 1 aromatic carbocycles. The number of rotatable bonds is 5. The molecule has 2 aromatic rings. The Balaban J connectivity index is 1.72. The summed E-state index contributed by atoms with van der Waals surface area (Å²) >= 11 is 0. The molecule has 0 radical (unpaired) electrons. The van der Waals surface area contributed by atoms with Crippen molar-refractivity contribution in [3.63, 3.8) is 0 Å². The molecule has 1 unspecified atom stereocenters. The number of nitrogens with zero attached hydrogens (tertiary/aromatic N) is 4. The molecule has 0 aliphatic carbocycles. The van der Waals surface area contributed by atoms with Crippen LogP contribution in [0.3, 0.4) is 0 Å². The molecule has 1 atom stereocenters. The summed E-state index contributed by atoms with van der Waals surface area (Å²) in [5.74, 6) is 0.689. The van der Waals surface area contributed by atoms with Gasteiger partial charge in [0.2, 0.25) is 0 Å². The normalized spacial score (nSPS) is 16.9. The van der Waals surface area contributed by atoms with Gasteiger partial charge in [0.05, 0.1) is 12.4 Å². The van der Waals surface area contributed by atoms with Crippen molar-refractivity contribution in [2.24, 2.45) is 5.73 Å². The molecule has 1 amide bonds. The number of carbonyl (C=O) groups is 1. The lowest BCUT2D eigenvalue weighted by Crippen LogP contribution is -2.32. The van der Waals surface area contributed by atoms with Gasteiger partial charge in [0.25, 0.3) is 5.91 Å². The molecule has 132 valence electrons. The van der Waals surface area contributed by atoms with Crippen molar-refractivity contribution in [3.05, 3.63) is 53.5 Å². The molecule has 1 aromatic heterocycles. The zero-order chi connectivity index (χ0) is 17.8. The van der Waals surface area contributed by atoms with Crippen LogP contribution in [-0.4, -0.2) is 46.5 Å².